The van der Waals surface area contributed by atoms with Crippen molar-refractivity contribution in [2.45, 2.75) is 11.8 Å². The Morgan fingerprint density at radius 1 is 1.05 bits per heavy atom. The van der Waals surface area contributed by atoms with Gasteiger partial charge in [0.1, 0.15) is 5.75 Å². The van der Waals surface area contributed by atoms with Gasteiger partial charge in [-0.25, -0.2) is 8.42 Å². The third-order valence-corrected chi connectivity index (χ3v) is 3.95. The summed E-state index contributed by atoms with van der Waals surface area (Å²) in [4.78, 5) is 4.61. The van der Waals surface area contributed by atoms with E-state index in [-0.39, 0.29) is 0 Å². The standard InChI is InChI=1S/C16H17NO3S/c1-3-20-15-8-4-13(5-9-15)12-17-14-6-10-16(11-7-14)21(2,18)19/h4-12H,3H2,1-2H3/b17-12+. The van der Waals surface area contributed by atoms with Crippen molar-refractivity contribution in [2.75, 3.05) is 12.9 Å². The molecule has 0 aromatic heterocycles. The third-order valence-electron chi connectivity index (χ3n) is 2.82. The Balaban J connectivity index is 2.10. The lowest BCUT2D eigenvalue weighted by atomic mass is 10.2. The first-order chi connectivity index (χ1) is 9.99. The Kier molecular flexibility index (Phi) is 4.75. The van der Waals surface area contributed by atoms with E-state index >= 15 is 0 Å². The quantitative estimate of drug-likeness (QED) is 0.797. The highest BCUT2D eigenvalue weighted by molar-refractivity contribution is 7.90. The molecule has 0 amide bonds. The average molecular weight is 303 g/mol. The van der Waals surface area contributed by atoms with Gasteiger partial charge in [0.05, 0.1) is 17.2 Å². The van der Waals surface area contributed by atoms with Crippen molar-refractivity contribution in [1.29, 1.82) is 0 Å². The molecule has 0 bridgehead atoms. The Bertz CT molecular complexity index is 717. The van der Waals surface area contributed by atoms with Gasteiger partial charge >= 0.3 is 0 Å². The van der Waals surface area contributed by atoms with Crippen molar-refractivity contribution < 1.29 is 13.2 Å². The van der Waals surface area contributed by atoms with Crippen molar-refractivity contribution >= 4 is 21.7 Å². The molecule has 0 radical (unpaired) electrons. The van der Waals surface area contributed by atoms with Crippen LogP contribution in [0, 0.1) is 0 Å². The summed E-state index contributed by atoms with van der Waals surface area (Å²) in [7, 11) is -3.16. The molecule has 21 heavy (non-hydrogen) atoms. The van der Waals surface area contributed by atoms with Gasteiger partial charge in [0.25, 0.3) is 0 Å². The van der Waals surface area contributed by atoms with E-state index < -0.39 is 9.84 Å². The van der Waals surface area contributed by atoms with E-state index in [1.165, 1.54) is 6.26 Å². The van der Waals surface area contributed by atoms with Crippen molar-refractivity contribution in [3.63, 3.8) is 0 Å². The zero-order chi connectivity index (χ0) is 15.3. The van der Waals surface area contributed by atoms with Crippen molar-refractivity contribution in [1.82, 2.24) is 0 Å². The lowest BCUT2D eigenvalue weighted by molar-refractivity contribution is 0.340. The number of sulfone groups is 1. The maximum atomic E-state index is 11.4. The Morgan fingerprint density at radius 3 is 2.19 bits per heavy atom. The summed E-state index contributed by atoms with van der Waals surface area (Å²) >= 11 is 0. The van der Waals surface area contributed by atoms with E-state index in [0.717, 1.165) is 11.3 Å². The van der Waals surface area contributed by atoms with Gasteiger partial charge < -0.3 is 4.74 Å². The minimum atomic E-state index is -3.16. The fourth-order valence-electron chi connectivity index (χ4n) is 1.75. The van der Waals surface area contributed by atoms with Crippen LogP contribution in [0.2, 0.25) is 0 Å². The molecule has 0 unspecified atom stereocenters. The maximum absolute atomic E-state index is 11.4. The molecule has 0 N–H and O–H groups in total. The van der Waals surface area contributed by atoms with Crippen molar-refractivity contribution in [2.24, 2.45) is 4.99 Å². The largest absolute Gasteiger partial charge is 0.494 e. The Hall–Kier alpha value is -2.14. The molecule has 2 aromatic carbocycles. The van der Waals surface area contributed by atoms with E-state index in [2.05, 4.69) is 4.99 Å². The van der Waals surface area contributed by atoms with Crippen molar-refractivity contribution in [3.8, 4) is 5.75 Å². The van der Waals surface area contributed by atoms with Gasteiger partial charge in [0.2, 0.25) is 0 Å². The zero-order valence-electron chi connectivity index (χ0n) is 12.0. The molecule has 0 heterocycles. The van der Waals surface area contributed by atoms with Gasteiger partial charge in [-0.3, -0.25) is 4.99 Å². The summed E-state index contributed by atoms with van der Waals surface area (Å²) in [5.41, 5.74) is 1.65. The van der Waals surface area contributed by atoms with E-state index in [1.54, 1.807) is 30.5 Å². The SMILES string of the molecule is CCOc1ccc(/C=N/c2ccc(S(C)(=O)=O)cc2)cc1. The number of rotatable bonds is 5. The molecule has 0 atom stereocenters. The highest BCUT2D eigenvalue weighted by Gasteiger charge is 2.05. The molecule has 110 valence electrons. The van der Waals surface area contributed by atoms with E-state index in [0.29, 0.717) is 17.2 Å². The molecule has 0 aliphatic carbocycles. The number of hydrogen-bond donors (Lipinski definition) is 0. The fourth-order valence-corrected chi connectivity index (χ4v) is 2.38. The van der Waals surface area contributed by atoms with Gasteiger partial charge in [-0.2, -0.15) is 0 Å². The average Bonchev–Trinajstić information content (AvgIpc) is 2.46. The fraction of sp³-hybridized carbons (Fsp3) is 0.188. The number of benzene rings is 2. The van der Waals surface area contributed by atoms with E-state index in [4.69, 9.17) is 4.74 Å². The molecular formula is C16H17NO3S. The van der Waals surface area contributed by atoms with Crippen LogP contribution >= 0.6 is 0 Å². The topological polar surface area (TPSA) is 55.7 Å². The van der Waals surface area contributed by atoms with Crippen LogP contribution in [0.25, 0.3) is 0 Å². The Labute approximate surface area is 125 Å². The molecule has 0 saturated heterocycles. The summed E-state index contributed by atoms with van der Waals surface area (Å²) in [6, 6.07) is 14.1. The minimum Gasteiger partial charge on any atom is -0.494 e. The molecular weight excluding hydrogens is 286 g/mol. The van der Waals surface area contributed by atoms with Crippen LogP contribution in [0.3, 0.4) is 0 Å². The van der Waals surface area contributed by atoms with Gasteiger partial charge in [-0.1, -0.05) is 0 Å². The van der Waals surface area contributed by atoms with Gasteiger partial charge in [0, 0.05) is 12.5 Å². The molecule has 2 aromatic rings. The van der Waals surface area contributed by atoms with Crippen molar-refractivity contribution in [3.05, 3.63) is 54.1 Å². The van der Waals surface area contributed by atoms with Crippen LogP contribution in [-0.2, 0) is 9.84 Å². The summed E-state index contributed by atoms with van der Waals surface area (Å²) in [5.74, 6) is 0.826. The Morgan fingerprint density at radius 2 is 1.67 bits per heavy atom. The number of hydrogen-bond acceptors (Lipinski definition) is 4. The normalized spacial score (nSPS) is 11.7. The lowest BCUT2D eigenvalue weighted by Gasteiger charge is -2.02. The van der Waals surface area contributed by atoms with Crippen LogP contribution in [-0.4, -0.2) is 27.5 Å². The first kappa shape index (κ1) is 15.3. The van der Waals surface area contributed by atoms with Crippen LogP contribution in [0.15, 0.2) is 58.4 Å². The molecule has 0 aliphatic heterocycles. The van der Waals surface area contributed by atoms with Crippen LogP contribution in [0.1, 0.15) is 12.5 Å². The van der Waals surface area contributed by atoms with E-state index in [9.17, 15) is 8.42 Å². The van der Waals surface area contributed by atoms with E-state index in [1.807, 2.05) is 31.2 Å². The monoisotopic (exact) mass is 303 g/mol. The second-order valence-electron chi connectivity index (χ2n) is 4.53. The number of aliphatic imine (C=N–C) groups is 1. The van der Waals surface area contributed by atoms with Gasteiger partial charge in [0.15, 0.2) is 9.84 Å². The summed E-state index contributed by atoms with van der Waals surface area (Å²) in [6.07, 6.45) is 2.91. The van der Waals surface area contributed by atoms with Crippen LogP contribution < -0.4 is 4.74 Å². The minimum absolute atomic E-state index is 0.294. The first-order valence-corrected chi connectivity index (χ1v) is 8.45. The number of nitrogens with zero attached hydrogens (tertiary/aromatic N) is 1. The smallest absolute Gasteiger partial charge is 0.175 e. The molecule has 0 aliphatic rings. The zero-order valence-corrected chi connectivity index (χ0v) is 12.8. The third kappa shape index (κ3) is 4.43. The number of ether oxygens (including phenoxy) is 1. The molecule has 4 nitrogen and oxygen atoms in total. The molecule has 2 rings (SSSR count). The first-order valence-electron chi connectivity index (χ1n) is 6.56. The molecule has 5 heteroatoms. The van der Waals surface area contributed by atoms with Gasteiger partial charge in [-0.15, -0.1) is 0 Å². The van der Waals surface area contributed by atoms with Gasteiger partial charge in [-0.05, 0) is 61.0 Å². The maximum Gasteiger partial charge on any atom is 0.175 e. The predicted octanol–water partition coefficient (Wildman–Crippen LogP) is 3.24. The second kappa shape index (κ2) is 6.54. The highest BCUT2D eigenvalue weighted by atomic mass is 32.2. The molecule has 0 spiro atoms. The summed E-state index contributed by atoms with van der Waals surface area (Å²) < 4.78 is 28.1. The second-order valence-corrected chi connectivity index (χ2v) is 6.54. The lowest BCUT2D eigenvalue weighted by Crippen LogP contribution is -1.95. The molecule has 0 saturated carbocycles. The van der Waals surface area contributed by atoms with Crippen LogP contribution in [0.4, 0.5) is 5.69 Å². The summed E-state index contributed by atoms with van der Waals surface area (Å²) in [5, 5.41) is 0. The van der Waals surface area contributed by atoms with Crippen LogP contribution in [0.5, 0.6) is 5.75 Å². The highest BCUT2D eigenvalue weighted by Crippen LogP contribution is 2.17. The predicted molar refractivity (Wildman–Crippen MR) is 84.4 cm³/mol. The summed E-state index contributed by atoms with van der Waals surface area (Å²) in [6.45, 7) is 2.58. The molecule has 0 fully saturated rings.